The minimum atomic E-state index is -0.837. The van der Waals surface area contributed by atoms with Crippen molar-refractivity contribution in [1.29, 1.82) is 0 Å². The number of aliphatic carboxylic acids is 1. The number of hydrogen-bond donors (Lipinski definition) is 2. The zero-order valence-electron chi connectivity index (χ0n) is 12.5. The summed E-state index contributed by atoms with van der Waals surface area (Å²) in [6.07, 6.45) is 1.33. The molecule has 0 radical (unpaired) electrons. The SMILES string of the molecule is CNC(=O)C1CCN(C(=O)N2CC(C)C(C(=O)O)C2)CC1. The highest BCUT2D eigenvalue weighted by molar-refractivity contribution is 5.80. The van der Waals surface area contributed by atoms with Crippen LogP contribution in [0.1, 0.15) is 19.8 Å². The molecule has 2 saturated heterocycles. The fourth-order valence-electron chi connectivity index (χ4n) is 3.18. The van der Waals surface area contributed by atoms with E-state index in [1.807, 2.05) is 6.92 Å². The normalized spacial score (nSPS) is 26.8. The number of carboxylic acids is 1. The van der Waals surface area contributed by atoms with Gasteiger partial charge in [-0.15, -0.1) is 0 Å². The molecule has 0 saturated carbocycles. The van der Waals surface area contributed by atoms with Crippen molar-refractivity contribution in [2.45, 2.75) is 19.8 Å². The Morgan fingerprint density at radius 3 is 2.19 bits per heavy atom. The van der Waals surface area contributed by atoms with Gasteiger partial charge < -0.3 is 20.2 Å². The van der Waals surface area contributed by atoms with Crippen LogP contribution in [0.25, 0.3) is 0 Å². The van der Waals surface area contributed by atoms with Gasteiger partial charge >= 0.3 is 12.0 Å². The molecule has 2 unspecified atom stereocenters. The highest BCUT2D eigenvalue weighted by Gasteiger charge is 2.39. The number of carboxylic acid groups (broad SMARTS) is 1. The van der Waals surface area contributed by atoms with E-state index in [9.17, 15) is 14.4 Å². The van der Waals surface area contributed by atoms with Crippen LogP contribution in [0, 0.1) is 17.8 Å². The Morgan fingerprint density at radius 2 is 1.71 bits per heavy atom. The molecule has 2 heterocycles. The van der Waals surface area contributed by atoms with Crippen molar-refractivity contribution in [3.05, 3.63) is 0 Å². The van der Waals surface area contributed by atoms with E-state index < -0.39 is 11.9 Å². The minimum Gasteiger partial charge on any atom is -0.481 e. The lowest BCUT2D eigenvalue weighted by Crippen LogP contribution is -2.47. The van der Waals surface area contributed by atoms with Crippen LogP contribution in [-0.4, -0.2) is 66.0 Å². The van der Waals surface area contributed by atoms with E-state index in [4.69, 9.17) is 5.11 Å². The number of likely N-dealkylation sites (tertiary alicyclic amines) is 2. The predicted octanol–water partition coefficient (Wildman–Crippen LogP) is 0.217. The molecule has 118 valence electrons. The molecule has 0 aliphatic carbocycles. The summed E-state index contributed by atoms with van der Waals surface area (Å²) in [6, 6.07) is -0.0963. The summed E-state index contributed by atoms with van der Waals surface area (Å²) in [4.78, 5) is 38.5. The smallest absolute Gasteiger partial charge is 0.320 e. The largest absolute Gasteiger partial charge is 0.481 e. The van der Waals surface area contributed by atoms with Crippen LogP contribution in [0.2, 0.25) is 0 Å². The van der Waals surface area contributed by atoms with Gasteiger partial charge in [0.05, 0.1) is 5.92 Å². The average molecular weight is 297 g/mol. The van der Waals surface area contributed by atoms with Gasteiger partial charge in [-0.05, 0) is 18.8 Å². The van der Waals surface area contributed by atoms with Crippen LogP contribution in [0.3, 0.4) is 0 Å². The van der Waals surface area contributed by atoms with Gasteiger partial charge in [0.2, 0.25) is 5.91 Å². The number of piperidine rings is 1. The first kappa shape index (κ1) is 15.6. The number of amides is 3. The minimum absolute atomic E-state index is 0.0186. The first-order chi connectivity index (χ1) is 9.93. The second-order valence-corrected chi connectivity index (χ2v) is 5.99. The van der Waals surface area contributed by atoms with Crippen molar-refractivity contribution < 1.29 is 19.5 Å². The molecular weight excluding hydrogens is 274 g/mol. The van der Waals surface area contributed by atoms with Gasteiger partial charge in [0, 0.05) is 39.1 Å². The molecule has 0 spiro atoms. The Kier molecular flexibility index (Phi) is 4.69. The van der Waals surface area contributed by atoms with Crippen molar-refractivity contribution in [1.82, 2.24) is 15.1 Å². The van der Waals surface area contributed by atoms with Gasteiger partial charge in [-0.2, -0.15) is 0 Å². The maximum absolute atomic E-state index is 12.4. The summed E-state index contributed by atoms with van der Waals surface area (Å²) in [5.74, 6) is -1.32. The summed E-state index contributed by atoms with van der Waals surface area (Å²) in [7, 11) is 1.62. The topological polar surface area (TPSA) is 90.0 Å². The van der Waals surface area contributed by atoms with E-state index in [2.05, 4.69) is 5.32 Å². The molecule has 2 rings (SSSR count). The van der Waals surface area contributed by atoms with Crippen LogP contribution in [0.4, 0.5) is 4.79 Å². The third-order valence-corrected chi connectivity index (χ3v) is 4.58. The lowest BCUT2D eigenvalue weighted by atomic mass is 9.96. The van der Waals surface area contributed by atoms with E-state index in [1.165, 1.54) is 0 Å². The van der Waals surface area contributed by atoms with Crippen molar-refractivity contribution in [3.63, 3.8) is 0 Å². The second kappa shape index (κ2) is 6.32. The molecule has 0 aromatic carbocycles. The van der Waals surface area contributed by atoms with E-state index in [0.29, 0.717) is 32.5 Å². The maximum atomic E-state index is 12.4. The molecule has 7 nitrogen and oxygen atoms in total. The average Bonchev–Trinajstić information content (AvgIpc) is 2.88. The van der Waals surface area contributed by atoms with Crippen LogP contribution < -0.4 is 5.32 Å². The molecule has 2 N–H and O–H groups in total. The number of nitrogens with zero attached hydrogens (tertiary/aromatic N) is 2. The molecule has 21 heavy (non-hydrogen) atoms. The zero-order chi connectivity index (χ0) is 15.6. The lowest BCUT2D eigenvalue weighted by molar-refractivity contribution is -0.142. The lowest BCUT2D eigenvalue weighted by Gasteiger charge is -2.34. The van der Waals surface area contributed by atoms with Gasteiger partial charge in [0.25, 0.3) is 0 Å². The Balaban J connectivity index is 1.88. The fraction of sp³-hybridized carbons (Fsp3) is 0.786. The van der Waals surface area contributed by atoms with E-state index in [1.54, 1.807) is 16.8 Å². The summed E-state index contributed by atoms with van der Waals surface area (Å²) >= 11 is 0. The van der Waals surface area contributed by atoms with E-state index >= 15 is 0 Å². The molecule has 7 heteroatoms. The maximum Gasteiger partial charge on any atom is 0.320 e. The number of carbonyl (C=O) groups is 3. The first-order valence-corrected chi connectivity index (χ1v) is 7.42. The highest BCUT2D eigenvalue weighted by atomic mass is 16.4. The Morgan fingerprint density at radius 1 is 1.10 bits per heavy atom. The van der Waals surface area contributed by atoms with Gasteiger partial charge in [-0.25, -0.2) is 4.79 Å². The molecule has 2 fully saturated rings. The molecule has 2 aliphatic rings. The van der Waals surface area contributed by atoms with Gasteiger partial charge in [0.1, 0.15) is 0 Å². The summed E-state index contributed by atoms with van der Waals surface area (Å²) in [6.45, 7) is 3.75. The monoisotopic (exact) mass is 297 g/mol. The van der Waals surface area contributed by atoms with Crippen molar-refractivity contribution in [2.24, 2.45) is 17.8 Å². The Bertz CT molecular complexity index is 432. The van der Waals surface area contributed by atoms with E-state index in [0.717, 1.165) is 0 Å². The third kappa shape index (κ3) is 3.28. The standard InChI is InChI=1S/C14H23N3O4/c1-9-7-17(8-11(9)13(19)20)14(21)16-5-3-10(4-6-16)12(18)15-2/h9-11H,3-8H2,1-2H3,(H,15,18)(H,19,20). The Hall–Kier alpha value is -1.79. The van der Waals surface area contributed by atoms with Gasteiger partial charge in [-0.1, -0.05) is 6.92 Å². The quantitative estimate of drug-likeness (QED) is 0.763. The molecule has 0 aromatic heterocycles. The number of rotatable bonds is 2. The number of hydrogen-bond acceptors (Lipinski definition) is 3. The first-order valence-electron chi connectivity index (χ1n) is 7.42. The van der Waals surface area contributed by atoms with Crippen molar-refractivity contribution >= 4 is 17.9 Å². The number of nitrogens with one attached hydrogen (secondary N) is 1. The molecule has 0 aromatic rings. The zero-order valence-corrected chi connectivity index (χ0v) is 12.5. The summed E-state index contributed by atoms with van der Waals surface area (Å²) in [5.41, 5.74) is 0. The van der Waals surface area contributed by atoms with Crippen LogP contribution in [0.5, 0.6) is 0 Å². The number of urea groups is 1. The second-order valence-electron chi connectivity index (χ2n) is 5.99. The van der Waals surface area contributed by atoms with Gasteiger partial charge in [-0.3, -0.25) is 9.59 Å². The van der Waals surface area contributed by atoms with Crippen LogP contribution in [-0.2, 0) is 9.59 Å². The third-order valence-electron chi connectivity index (χ3n) is 4.58. The van der Waals surface area contributed by atoms with Gasteiger partial charge in [0.15, 0.2) is 0 Å². The fourth-order valence-corrected chi connectivity index (χ4v) is 3.18. The molecule has 2 aliphatic heterocycles. The molecule has 0 bridgehead atoms. The molecule has 3 amide bonds. The molecular formula is C14H23N3O4. The summed E-state index contributed by atoms with van der Waals surface area (Å²) < 4.78 is 0. The number of carbonyl (C=O) groups excluding carboxylic acids is 2. The summed E-state index contributed by atoms with van der Waals surface area (Å²) in [5, 5.41) is 11.8. The predicted molar refractivity (Wildman–Crippen MR) is 75.6 cm³/mol. The van der Waals surface area contributed by atoms with Crippen molar-refractivity contribution in [3.8, 4) is 0 Å². The van der Waals surface area contributed by atoms with Crippen LogP contribution in [0.15, 0.2) is 0 Å². The van der Waals surface area contributed by atoms with Crippen molar-refractivity contribution in [2.75, 3.05) is 33.2 Å². The van der Waals surface area contributed by atoms with E-state index in [-0.39, 0.29) is 30.3 Å². The molecule has 2 atom stereocenters. The van der Waals surface area contributed by atoms with Crippen LogP contribution >= 0.6 is 0 Å². The Labute approximate surface area is 124 Å². The highest BCUT2D eigenvalue weighted by Crippen LogP contribution is 2.26.